The normalized spacial score (nSPS) is 19.3. The summed E-state index contributed by atoms with van der Waals surface area (Å²) in [6.45, 7) is 12.6. The summed E-state index contributed by atoms with van der Waals surface area (Å²) >= 11 is 3.52. The van der Waals surface area contributed by atoms with Crippen molar-refractivity contribution in [3.63, 3.8) is 0 Å². The molecule has 3 atom stereocenters. The Labute approximate surface area is 185 Å². The van der Waals surface area contributed by atoms with Crippen LogP contribution in [-0.2, 0) is 14.2 Å². The standard InChI is InChI=1S/C24H39BrO4/c1-23(2,3)27-15-20(26)21(16-28-24(4,5)6)29-22(17-9-7-8-10-17)18-11-13-19(25)14-12-18/h11-14,17,20-22,26H,7-10,15-16H2,1-6H3/t20-,21-,22-/m0/s1. The van der Waals surface area contributed by atoms with E-state index in [1.54, 1.807) is 0 Å². The van der Waals surface area contributed by atoms with Gasteiger partial charge in [0.25, 0.3) is 0 Å². The third-order valence-electron chi connectivity index (χ3n) is 5.14. The minimum Gasteiger partial charge on any atom is -0.388 e. The summed E-state index contributed by atoms with van der Waals surface area (Å²) in [4.78, 5) is 0. The number of benzene rings is 1. The van der Waals surface area contributed by atoms with Crippen molar-refractivity contribution in [3.05, 3.63) is 34.3 Å². The smallest absolute Gasteiger partial charge is 0.110 e. The highest BCUT2D eigenvalue weighted by Crippen LogP contribution is 2.39. The SMILES string of the molecule is CC(C)(C)OC[C@H](O[C@H](c1ccc(Br)cc1)C1CCCC1)[C@@H](O)COC(C)(C)C. The second kappa shape index (κ2) is 10.7. The zero-order valence-corrected chi connectivity index (χ0v) is 20.5. The predicted octanol–water partition coefficient (Wildman–Crippen LogP) is 6.06. The fraction of sp³-hybridized carbons (Fsp3) is 0.750. The molecule has 0 radical (unpaired) electrons. The summed E-state index contributed by atoms with van der Waals surface area (Å²) in [6.07, 6.45) is 3.52. The molecule has 1 saturated carbocycles. The minimum atomic E-state index is -0.754. The molecule has 29 heavy (non-hydrogen) atoms. The Morgan fingerprint density at radius 3 is 1.97 bits per heavy atom. The lowest BCUT2D eigenvalue weighted by atomic mass is 9.94. The van der Waals surface area contributed by atoms with Crippen LogP contribution in [0.25, 0.3) is 0 Å². The zero-order valence-electron chi connectivity index (χ0n) is 18.9. The molecule has 0 bridgehead atoms. The van der Waals surface area contributed by atoms with Crippen LogP contribution >= 0.6 is 15.9 Å². The van der Waals surface area contributed by atoms with Gasteiger partial charge < -0.3 is 19.3 Å². The third kappa shape index (κ3) is 9.06. The van der Waals surface area contributed by atoms with Gasteiger partial charge in [-0.05, 0) is 78.0 Å². The molecule has 1 aromatic rings. The van der Waals surface area contributed by atoms with Gasteiger partial charge in [0.2, 0.25) is 0 Å². The first kappa shape index (κ1) is 24.8. The molecule has 1 fully saturated rings. The van der Waals surface area contributed by atoms with Crippen LogP contribution in [0.2, 0.25) is 0 Å². The maximum Gasteiger partial charge on any atom is 0.110 e. The monoisotopic (exact) mass is 470 g/mol. The largest absolute Gasteiger partial charge is 0.388 e. The van der Waals surface area contributed by atoms with Crippen LogP contribution in [0, 0.1) is 5.92 Å². The molecule has 0 heterocycles. The first-order valence-electron chi connectivity index (χ1n) is 10.8. The fourth-order valence-electron chi connectivity index (χ4n) is 3.58. The number of aliphatic hydroxyl groups is 1. The average molecular weight is 471 g/mol. The minimum absolute atomic E-state index is 0.0524. The Morgan fingerprint density at radius 2 is 1.45 bits per heavy atom. The van der Waals surface area contributed by atoms with Gasteiger partial charge in [-0.1, -0.05) is 40.9 Å². The van der Waals surface area contributed by atoms with Gasteiger partial charge in [-0.3, -0.25) is 0 Å². The summed E-state index contributed by atoms with van der Waals surface area (Å²) in [5, 5.41) is 10.9. The molecule has 0 saturated heterocycles. The maximum absolute atomic E-state index is 10.9. The van der Waals surface area contributed by atoms with Crippen molar-refractivity contribution in [2.24, 2.45) is 5.92 Å². The molecule has 1 aliphatic carbocycles. The average Bonchev–Trinajstić information content (AvgIpc) is 3.14. The Balaban J connectivity index is 2.19. The highest BCUT2D eigenvalue weighted by Gasteiger charge is 2.33. The van der Waals surface area contributed by atoms with Crippen molar-refractivity contribution in [2.75, 3.05) is 13.2 Å². The van der Waals surface area contributed by atoms with Crippen molar-refractivity contribution < 1.29 is 19.3 Å². The van der Waals surface area contributed by atoms with Crippen LogP contribution in [0.4, 0.5) is 0 Å². The fourth-order valence-corrected chi connectivity index (χ4v) is 3.84. The van der Waals surface area contributed by atoms with E-state index in [-0.39, 0.29) is 23.9 Å². The van der Waals surface area contributed by atoms with Gasteiger partial charge in [0, 0.05) is 4.47 Å². The Bertz CT molecular complexity index is 597. The maximum atomic E-state index is 10.9. The summed E-state index contributed by atoms with van der Waals surface area (Å²) in [7, 11) is 0. The molecule has 2 rings (SSSR count). The van der Waals surface area contributed by atoms with Gasteiger partial charge in [-0.15, -0.1) is 0 Å². The number of hydrogen-bond acceptors (Lipinski definition) is 4. The molecule has 0 unspecified atom stereocenters. The Kier molecular flexibility index (Phi) is 9.17. The third-order valence-corrected chi connectivity index (χ3v) is 5.67. The number of ether oxygens (including phenoxy) is 3. The van der Waals surface area contributed by atoms with E-state index in [9.17, 15) is 5.11 Å². The summed E-state index contributed by atoms with van der Waals surface area (Å²) in [6, 6.07) is 8.35. The Hall–Kier alpha value is -0.460. The molecule has 0 aliphatic heterocycles. The lowest BCUT2D eigenvalue weighted by molar-refractivity contribution is -0.166. The van der Waals surface area contributed by atoms with Crippen LogP contribution < -0.4 is 0 Å². The molecular formula is C24H39BrO4. The van der Waals surface area contributed by atoms with Crippen LogP contribution in [-0.4, -0.2) is 41.7 Å². The van der Waals surface area contributed by atoms with E-state index in [1.165, 1.54) is 12.8 Å². The quantitative estimate of drug-likeness (QED) is 0.476. The van der Waals surface area contributed by atoms with Crippen molar-refractivity contribution in [2.45, 2.75) is 96.7 Å². The second-order valence-corrected chi connectivity index (χ2v) is 11.0. The van der Waals surface area contributed by atoms with Gasteiger partial charge >= 0.3 is 0 Å². The molecule has 1 aliphatic rings. The number of hydrogen-bond donors (Lipinski definition) is 1. The van der Waals surface area contributed by atoms with Crippen molar-refractivity contribution in [3.8, 4) is 0 Å². The van der Waals surface area contributed by atoms with E-state index in [1.807, 2.05) is 41.5 Å². The molecule has 0 spiro atoms. The molecule has 166 valence electrons. The summed E-state index contributed by atoms with van der Waals surface area (Å²) in [5.41, 5.74) is 0.546. The zero-order chi connectivity index (χ0) is 21.7. The van der Waals surface area contributed by atoms with Crippen LogP contribution in [0.3, 0.4) is 0 Å². The number of halogens is 1. The highest BCUT2D eigenvalue weighted by atomic mass is 79.9. The predicted molar refractivity (Wildman–Crippen MR) is 121 cm³/mol. The van der Waals surface area contributed by atoms with E-state index in [2.05, 4.69) is 40.2 Å². The molecule has 0 aromatic heterocycles. The van der Waals surface area contributed by atoms with Crippen LogP contribution in [0.15, 0.2) is 28.7 Å². The van der Waals surface area contributed by atoms with Gasteiger partial charge in [0.05, 0.1) is 30.5 Å². The first-order chi connectivity index (χ1) is 13.4. The number of aliphatic hydroxyl groups excluding tert-OH is 1. The topological polar surface area (TPSA) is 47.9 Å². The van der Waals surface area contributed by atoms with Crippen molar-refractivity contribution >= 4 is 15.9 Å². The van der Waals surface area contributed by atoms with Gasteiger partial charge in [-0.25, -0.2) is 0 Å². The Morgan fingerprint density at radius 1 is 0.931 bits per heavy atom. The van der Waals surface area contributed by atoms with E-state index in [0.29, 0.717) is 12.5 Å². The molecular weight excluding hydrogens is 432 g/mol. The molecule has 0 amide bonds. The van der Waals surface area contributed by atoms with Gasteiger partial charge in [0.15, 0.2) is 0 Å². The van der Waals surface area contributed by atoms with Gasteiger partial charge in [-0.2, -0.15) is 0 Å². The lowest BCUT2D eigenvalue weighted by Gasteiger charge is -2.34. The van der Waals surface area contributed by atoms with Crippen LogP contribution in [0.1, 0.15) is 78.9 Å². The number of rotatable bonds is 9. The van der Waals surface area contributed by atoms with E-state index >= 15 is 0 Å². The molecule has 1 aromatic carbocycles. The first-order valence-corrected chi connectivity index (χ1v) is 11.6. The van der Waals surface area contributed by atoms with E-state index in [0.717, 1.165) is 22.9 Å². The van der Waals surface area contributed by atoms with E-state index < -0.39 is 12.2 Å². The lowest BCUT2D eigenvalue weighted by Crippen LogP contribution is -2.42. The summed E-state index contributed by atoms with van der Waals surface area (Å²) < 4.78 is 19.5. The van der Waals surface area contributed by atoms with Crippen LogP contribution in [0.5, 0.6) is 0 Å². The summed E-state index contributed by atoms with van der Waals surface area (Å²) in [5.74, 6) is 0.462. The highest BCUT2D eigenvalue weighted by molar-refractivity contribution is 9.10. The molecule has 5 heteroatoms. The molecule has 1 N–H and O–H groups in total. The second-order valence-electron chi connectivity index (χ2n) is 10.1. The van der Waals surface area contributed by atoms with Crippen molar-refractivity contribution in [1.29, 1.82) is 0 Å². The molecule has 4 nitrogen and oxygen atoms in total. The van der Waals surface area contributed by atoms with Gasteiger partial charge in [0.1, 0.15) is 12.2 Å². The van der Waals surface area contributed by atoms with Crippen molar-refractivity contribution in [1.82, 2.24) is 0 Å². The van der Waals surface area contributed by atoms with E-state index in [4.69, 9.17) is 14.2 Å².